The molecule has 14 aromatic rings. The van der Waals surface area contributed by atoms with Crippen LogP contribution in [-0.4, -0.2) is 0 Å². The van der Waals surface area contributed by atoms with E-state index in [9.17, 15) is 0 Å². The minimum absolute atomic E-state index is 1.10. The van der Waals surface area contributed by atoms with Crippen molar-refractivity contribution in [3.8, 4) is 11.1 Å². The van der Waals surface area contributed by atoms with Gasteiger partial charge in [-0.2, -0.15) is 0 Å². The van der Waals surface area contributed by atoms with Crippen molar-refractivity contribution in [3.05, 3.63) is 261 Å². The van der Waals surface area contributed by atoms with E-state index in [4.69, 9.17) is 0 Å². The van der Waals surface area contributed by atoms with Crippen LogP contribution in [0.3, 0.4) is 0 Å². The molecule has 0 aliphatic rings. The largest absolute Gasteiger partial charge is 0.310 e. The highest BCUT2D eigenvalue weighted by atomic mass is 32.1. The molecule has 6 heteroatoms. The van der Waals surface area contributed by atoms with Crippen molar-refractivity contribution in [2.24, 2.45) is 0 Å². The first-order valence-corrected chi connectivity index (χ1v) is 26.7. The molecule has 0 saturated heterocycles. The Bertz CT molecular complexity index is 4000. The third-order valence-corrected chi connectivity index (χ3v) is 17.2. The molecular formula is C66H43N3S3. The number of anilines is 9. The van der Waals surface area contributed by atoms with Crippen molar-refractivity contribution in [2.45, 2.75) is 0 Å². The van der Waals surface area contributed by atoms with E-state index in [-0.39, 0.29) is 0 Å². The van der Waals surface area contributed by atoms with Crippen LogP contribution in [0, 0.1) is 0 Å². The Morgan fingerprint density at radius 3 is 0.972 bits per heavy atom. The maximum Gasteiger partial charge on any atom is 0.0476 e. The molecule has 3 heterocycles. The van der Waals surface area contributed by atoms with Gasteiger partial charge in [0.15, 0.2) is 0 Å². The molecule has 0 bridgehead atoms. The molecule has 0 fully saturated rings. The van der Waals surface area contributed by atoms with E-state index >= 15 is 0 Å². The van der Waals surface area contributed by atoms with Crippen LogP contribution in [0.15, 0.2) is 261 Å². The van der Waals surface area contributed by atoms with Gasteiger partial charge < -0.3 is 14.7 Å². The number of benzene rings is 11. The number of thiophene rings is 3. The average Bonchev–Trinajstić information content (AvgIpc) is 4.13. The highest BCUT2D eigenvalue weighted by Crippen LogP contribution is 2.47. The number of nitrogens with zero attached hydrogens (tertiary/aromatic N) is 3. The molecular weight excluding hydrogens is 931 g/mol. The van der Waals surface area contributed by atoms with Gasteiger partial charge >= 0.3 is 0 Å². The summed E-state index contributed by atoms with van der Waals surface area (Å²) in [6.45, 7) is 0. The fourth-order valence-corrected chi connectivity index (χ4v) is 13.7. The summed E-state index contributed by atoms with van der Waals surface area (Å²) in [4.78, 5) is 7.12. The molecule has 0 aliphatic heterocycles. The third kappa shape index (κ3) is 7.47. The van der Waals surface area contributed by atoms with E-state index in [1.807, 2.05) is 34.0 Å². The van der Waals surface area contributed by atoms with E-state index < -0.39 is 0 Å². The smallest absolute Gasteiger partial charge is 0.0476 e. The van der Waals surface area contributed by atoms with Crippen LogP contribution in [0.5, 0.6) is 0 Å². The lowest BCUT2D eigenvalue weighted by Crippen LogP contribution is -2.09. The van der Waals surface area contributed by atoms with Crippen LogP contribution in [0.4, 0.5) is 51.2 Å². The minimum atomic E-state index is 1.10. The van der Waals surface area contributed by atoms with Crippen molar-refractivity contribution < 1.29 is 0 Å². The fraction of sp³-hybridized carbons (Fsp3) is 0. The monoisotopic (exact) mass is 973 g/mol. The van der Waals surface area contributed by atoms with E-state index in [2.05, 4.69) is 276 Å². The lowest BCUT2D eigenvalue weighted by atomic mass is 10.0. The summed E-state index contributed by atoms with van der Waals surface area (Å²) in [7, 11) is 0. The predicted molar refractivity (Wildman–Crippen MR) is 315 cm³/mol. The van der Waals surface area contributed by atoms with Gasteiger partial charge in [0.25, 0.3) is 0 Å². The Morgan fingerprint density at radius 1 is 0.181 bits per heavy atom. The van der Waals surface area contributed by atoms with Gasteiger partial charge in [-0.15, -0.1) is 34.0 Å². The van der Waals surface area contributed by atoms with E-state index in [1.54, 1.807) is 0 Å². The fourth-order valence-electron chi connectivity index (χ4n) is 10.4. The molecule has 0 unspecified atom stereocenters. The quantitative estimate of drug-likeness (QED) is 0.135. The number of rotatable bonds is 10. The van der Waals surface area contributed by atoms with Crippen LogP contribution in [-0.2, 0) is 0 Å². The van der Waals surface area contributed by atoms with Crippen molar-refractivity contribution in [3.63, 3.8) is 0 Å². The second-order valence-electron chi connectivity index (χ2n) is 18.1. The van der Waals surface area contributed by atoms with Gasteiger partial charge in [0.2, 0.25) is 0 Å². The van der Waals surface area contributed by atoms with Crippen molar-refractivity contribution >= 4 is 146 Å². The first-order chi connectivity index (χ1) is 35.7. The van der Waals surface area contributed by atoms with Gasteiger partial charge in [-0.05, 0) is 151 Å². The highest BCUT2D eigenvalue weighted by molar-refractivity contribution is 7.26. The van der Waals surface area contributed by atoms with Gasteiger partial charge in [0, 0.05) is 112 Å². The summed E-state index contributed by atoms with van der Waals surface area (Å²) in [5.41, 5.74) is 12.5. The molecule has 0 radical (unpaired) electrons. The summed E-state index contributed by atoms with van der Waals surface area (Å²) in [5.74, 6) is 0. The summed E-state index contributed by atoms with van der Waals surface area (Å²) < 4.78 is 7.68. The van der Waals surface area contributed by atoms with Crippen LogP contribution >= 0.6 is 34.0 Å². The number of hydrogen-bond donors (Lipinski definition) is 0. The molecule has 3 nitrogen and oxygen atoms in total. The Morgan fingerprint density at radius 2 is 0.486 bits per heavy atom. The second-order valence-corrected chi connectivity index (χ2v) is 21.4. The summed E-state index contributed by atoms with van der Waals surface area (Å²) in [6.07, 6.45) is 0. The summed E-state index contributed by atoms with van der Waals surface area (Å²) in [6, 6.07) is 95.3. The van der Waals surface area contributed by atoms with Gasteiger partial charge in [-0.25, -0.2) is 0 Å². The topological polar surface area (TPSA) is 9.72 Å². The summed E-state index contributed by atoms with van der Waals surface area (Å²) in [5, 5.41) is 7.63. The van der Waals surface area contributed by atoms with E-state index in [0.29, 0.717) is 0 Å². The zero-order valence-electron chi connectivity index (χ0n) is 38.9. The maximum atomic E-state index is 2.44. The molecule has 0 saturated carbocycles. The third-order valence-electron chi connectivity index (χ3n) is 13.8. The van der Waals surface area contributed by atoms with Gasteiger partial charge in [-0.1, -0.05) is 121 Å². The molecule has 340 valence electrons. The molecule has 0 atom stereocenters. The molecule has 0 amide bonds. The SMILES string of the molecule is c1ccc(N(c2ccccc2)c2ccc3c(c2)sc2ccc(N(c4ccc(-c5ccc6sc7ccccc7c6c5)cc4)c4ccc5sc6cc(N(c7ccccc7)c7ccccc7)ccc6c5c4)cc23)cc1. The Kier molecular flexibility index (Phi) is 10.4. The molecule has 14 rings (SSSR count). The van der Waals surface area contributed by atoms with Crippen molar-refractivity contribution in [2.75, 3.05) is 14.7 Å². The van der Waals surface area contributed by atoms with E-state index in [0.717, 1.165) is 51.2 Å². The first kappa shape index (κ1) is 42.4. The van der Waals surface area contributed by atoms with Gasteiger partial charge in [0.05, 0.1) is 0 Å². The van der Waals surface area contributed by atoms with Crippen LogP contribution in [0.2, 0.25) is 0 Å². The highest BCUT2D eigenvalue weighted by Gasteiger charge is 2.20. The lowest BCUT2D eigenvalue weighted by molar-refractivity contribution is 1.29. The predicted octanol–water partition coefficient (Wildman–Crippen LogP) is 20.9. The zero-order valence-corrected chi connectivity index (χ0v) is 41.3. The molecule has 0 N–H and O–H groups in total. The molecule has 72 heavy (non-hydrogen) atoms. The zero-order chi connectivity index (χ0) is 47.5. The number of para-hydroxylation sites is 4. The number of hydrogen-bond acceptors (Lipinski definition) is 6. The van der Waals surface area contributed by atoms with Crippen molar-refractivity contribution in [1.82, 2.24) is 0 Å². The summed E-state index contributed by atoms with van der Waals surface area (Å²) >= 11 is 5.57. The minimum Gasteiger partial charge on any atom is -0.310 e. The standard InChI is InChI=1S/C66H43N3S3/c1-5-15-46(16-6-1)67(47-17-7-2-8-18-47)53-30-34-56-59-40-51(32-37-63(59)71-65(56)42-53)69(50-28-25-44(26-29-50)45-27-36-62-58(39-45)55-23-13-14-24-61(55)70-62)52-33-38-64-60(41-52)57-35-31-54(43-66(57)72-64)68(48-19-9-3-10-20-48)49-21-11-4-12-22-49/h1-43H. The first-order valence-electron chi connectivity index (χ1n) is 24.2. The van der Waals surface area contributed by atoms with Gasteiger partial charge in [-0.3, -0.25) is 0 Å². The Balaban J connectivity index is 0.889. The molecule has 0 spiro atoms. The maximum absolute atomic E-state index is 2.44. The second kappa shape index (κ2) is 17.7. The van der Waals surface area contributed by atoms with Crippen LogP contribution < -0.4 is 14.7 Å². The lowest BCUT2D eigenvalue weighted by Gasteiger charge is -2.26. The normalized spacial score (nSPS) is 11.6. The van der Waals surface area contributed by atoms with E-state index in [1.165, 1.54) is 71.6 Å². The Labute approximate surface area is 429 Å². The van der Waals surface area contributed by atoms with Crippen molar-refractivity contribution in [1.29, 1.82) is 0 Å². The number of fused-ring (bicyclic) bond motifs is 9. The molecule has 11 aromatic carbocycles. The van der Waals surface area contributed by atoms with Crippen LogP contribution in [0.1, 0.15) is 0 Å². The molecule has 3 aromatic heterocycles. The van der Waals surface area contributed by atoms with Gasteiger partial charge in [0.1, 0.15) is 0 Å². The molecule has 0 aliphatic carbocycles. The Hall–Kier alpha value is -8.52. The van der Waals surface area contributed by atoms with Crippen LogP contribution in [0.25, 0.3) is 71.6 Å². The average molecular weight is 974 g/mol.